The molecule has 0 fully saturated rings. The van der Waals surface area contributed by atoms with E-state index in [1.54, 1.807) is 18.2 Å². The highest BCUT2D eigenvalue weighted by Crippen LogP contribution is 2.30. The topological polar surface area (TPSA) is 67.8 Å². The number of carbonyl (C=O) groups excluding carboxylic acids is 1. The second kappa shape index (κ2) is 8.15. The number of anilines is 1. The fourth-order valence-corrected chi connectivity index (χ4v) is 3.25. The molecule has 0 atom stereocenters. The molecule has 1 heterocycles. The monoisotopic (exact) mass is 367 g/mol. The third-order valence-electron chi connectivity index (χ3n) is 4.76. The average Bonchev–Trinajstić information content (AvgIpc) is 2.87. The predicted octanol–water partition coefficient (Wildman–Crippen LogP) is 3.46. The number of unbranched alkanes of at least 4 members (excludes halogenated alkanes) is 2. The van der Waals surface area contributed by atoms with Gasteiger partial charge in [-0.3, -0.25) is 4.79 Å². The molecule has 27 heavy (non-hydrogen) atoms. The molecular formula is C21H26BNO4. The Bertz CT molecular complexity index is 804. The van der Waals surface area contributed by atoms with Crippen molar-refractivity contribution in [1.82, 2.24) is 0 Å². The van der Waals surface area contributed by atoms with Gasteiger partial charge >= 0.3 is 7.12 Å². The quantitative estimate of drug-likeness (QED) is 0.581. The molecule has 0 aromatic heterocycles. The maximum Gasteiger partial charge on any atom is 0.492 e. The van der Waals surface area contributed by atoms with Crippen LogP contribution in [0.15, 0.2) is 42.5 Å². The number of amides is 1. The maximum absolute atomic E-state index is 12.5. The van der Waals surface area contributed by atoms with Gasteiger partial charge in [0, 0.05) is 11.3 Å². The van der Waals surface area contributed by atoms with Crippen LogP contribution in [0.25, 0.3) is 0 Å². The molecule has 0 unspecified atom stereocenters. The van der Waals surface area contributed by atoms with Gasteiger partial charge in [-0.1, -0.05) is 25.8 Å². The van der Waals surface area contributed by atoms with Gasteiger partial charge in [0.2, 0.25) is 0 Å². The molecule has 2 aromatic rings. The van der Waals surface area contributed by atoms with Gasteiger partial charge in [0.25, 0.3) is 5.91 Å². The zero-order valence-electron chi connectivity index (χ0n) is 16.1. The molecule has 142 valence electrons. The van der Waals surface area contributed by atoms with E-state index in [0.29, 0.717) is 23.3 Å². The number of hydrogen-bond acceptors (Lipinski definition) is 4. The van der Waals surface area contributed by atoms with Crippen molar-refractivity contribution in [2.75, 3.05) is 11.9 Å². The van der Waals surface area contributed by atoms with Crippen LogP contribution in [0.5, 0.6) is 5.75 Å². The van der Waals surface area contributed by atoms with Crippen LogP contribution in [0, 0.1) is 0 Å². The number of hydrogen-bond donors (Lipinski definition) is 2. The highest BCUT2D eigenvalue weighted by Gasteiger charge is 2.40. The van der Waals surface area contributed by atoms with Crippen molar-refractivity contribution >= 4 is 24.2 Å². The molecular weight excluding hydrogens is 341 g/mol. The van der Waals surface area contributed by atoms with E-state index in [0.717, 1.165) is 30.6 Å². The maximum atomic E-state index is 12.5. The van der Waals surface area contributed by atoms with Gasteiger partial charge in [0.15, 0.2) is 0 Å². The van der Waals surface area contributed by atoms with E-state index in [1.807, 2.05) is 38.1 Å². The SMILES string of the molecule is CCCCCOc1ccc(C(=O)Nc2ccc3c(c2)B(O)OC3(C)C)cc1. The number of ether oxygens (including phenoxy) is 1. The molecule has 0 saturated heterocycles. The van der Waals surface area contributed by atoms with E-state index in [1.165, 1.54) is 0 Å². The van der Waals surface area contributed by atoms with Crippen LogP contribution in [-0.2, 0) is 10.3 Å². The Morgan fingerprint density at radius 2 is 1.93 bits per heavy atom. The van der Waals surface area contributed by atoms with Crippen molar-refractivity contribution in [2.24, 2.45) is 0 Å². The summed E-state index contributed by atoms with van der Waals surface area (Å²) >= 11 is 0. The van der Waals surface area contributed by atoms with Crippen LogP contribution in [-0.4, -0.2) is 24.7 Å². The van der Waals surface area contributed by atoms with E-state index in [9.17, 15) is 9.82 Å². The van der Waals surface area contributed by atoms with Crippen LogP contribution in [0.4, 0.5) is 5.69 Å². The molecule has 5 nitrogen and oxygen atoms in total. The zero-order chi connectivity index (χ0) is 19.4. The summed E-state index contributed by atoms with van der Waals surface area (Å²) in [7, 11) is -0.976. The molecule has 0 spiro atoms. The second-order valence-corrected chi connectivity index (χ2v) is 7.32. The van der Waals surface area contributed by atoms with Gasteiger partial charge in [-0.15, -0.1) is 0 Å². The van der Waals surface area contributed by atoms with Gasteiger partial charge in [0.1, 0.15) is 5.75 Å². The minimum atomic E-state index is -0.976. The minimum absolute atomic E-state index is 0.208. The fraction of sp³-hybridized carbons (Fsp3) is 0.381. The van der Waals surface area contributed by atoms with Gasteiger partial charge in [-0.2, -0.15) is 0 Å². The Kier molecular flexibility index (Phi) is 5.87. The van der Waals surface area contributed by atoms with E-state index >= 15 is 0 Å². The van der Waals surface area contributed by atoms with Crippen molar-refractivity contribution in [3.8, 4) is 5.75 Å². The first-order chi connectivity index (χ1) is 12.9. The summed E-state index contributed by atoms with van der Waals surface area (Å²) in [6.45, 7) is 6.66. The number of benzene rings is 2. The molecule has 1 aliphatic heterocycles. The number of fused-ring (bicyclic) bond motifs is 1. The van der Waals surface area contributed by atoms with Gasteiger partial charge in [-0.05, 0) is 67.7 Å². The Morgan fingerprint density at radius 1 is 1.19 bits per heavy atom. The lowest BCUT2D eigenvalue weighted by molar-refractivity contribution is 0.100. The lowest BCUT2D eigenvalue weighted by Gasteiger charge is -2.19. The van der Waals surface area contributed by atoms with Crippen LogP contribution >= 0.6 is 0 Å². The predicted molar refractivity (Wildman–Crippen MR) is 108 cm³/mol. The summed E-state index contributed by atoms with van der Waals surface area (Å²) in [6.07, 6.45) is 3.34. The first-order valence-corrected chi connectivity index (χ1v) is 9.45. The van der Waals surface area contributed by atoms with Gasteiger partial charge in [-0.25, -0.2) is 0 Å². The van der Waals surface area contributed by atoms with Crippen LogP contribution < -0.4 is 15.5 Å². The Balaban J connectivity index is 1.63. The summed E-state index contributed by atoms with van der Waals surface area (Å²) in [6, 6.07) is 12.6. The van der Waals surface area contributed by atoms with Crippen molar-refractivity contribution < 1.29 is 19.2 Å². The van der Waals surface area contributed by atoms with Crippen molar-refractivity contribution in [1.29, 1.82) is 0 Å². The molecule has 0 bridgehead atoms. The standard InChI is InChI=1S/C21H26BNO4/c1-4-5-6-13-26-17-10-7-15(8-11-17)20(24)23-16-9-12-18-19(14-16)22(25)27-21(18,2)3/h7-12,14,25H,4-6,13H2,1-3H3,(H,23,24). The summed E-state index contributed by atoms with van der Waals surface area (Å²) in [5, 5.41) is 12.9. The van der Waals surface area contributed by atoms with E-state index in [-0.39, 0.29) is 5.91 Å². The average molecular weight is 367 g/mol. The molecule has 2 N–H and O–H groups in total. The van der Waals surface area contributed by atoms with Crippen molar-refractivity contribution in [2.45, 2.75) is 45.6 Å². The highest BCUT2D eigenvalue weighted by atomic mass is 16.5. The number of carbonyl (C=O) groups is 1. The third kappa shape index (κ3) is 4.52. The summed E-state index contributed by atoms with van der Waals surface area (Å²) in [4.78, 5) is 12.5. The Labute approximate surface area is 160 Å². The molecule has 2 aromatic carbocycles. The molecule has 6 heteroatoms. The summed E-state index contributed by atoms with van der Waals surface area (Å²) in [5.74, 6) is 0.558. The van der Waals surface area contributed by atoms with Crippen LogP contribution in [0.2, 0.25) is 0 Å². The number of nitrogens with one attached hydrogen (secondary N) is 1. The van der Waals surface area contributed by atoms with E-state index in [4.69, 9.17) is 9.39 Å². The van der Waals surface area contributed by atoms with Crippen molar-refractivity contribution in [3.05, 3.63) is 53.6 Å². The lowest BCUT2D eigenvalue weighted by Crippen LogP contribution is -2.29. The van der Waals surface area contributed by atoms with Gasteiger partial charge in [0.05, 0.1) is 12.2 Å². The third-order valence-corrected chi connectivity index (χ3v) is 4.76. The second-order valence-electron chi connectivity index (χ2n) is 7.32. The Morgan fingerprint density at radius 3 is 2.63 bits per heavy atom. The molecule has 1 amide bonds. The summed E-state index contributed by atoms with van der Waals surface area (Å²) < 4.78 is 11.2. The van der Waals surface area contributed by atoms with Crippen LogP contribution in [0.3, 0.4) is 0 Å². The zero-order valence-corrected chi connectivity index (χ0v) is 16.1. The van der Waals surface area contributed by atoms with Crippen molar-refractivity contribution in [3.63, 3.8) is 0 Å². The smallest absolute Gasteiger partial charge is 0.492 e. The van der Waals surface area contributed by atoms with Gasteiger partial charge < -0.3 is 19.7 Å². The van der Waals surface area contributed by atoms with E-state index < -0.39 is 12.7 Å². The molecule has 0 aliphatic carbocycles. The van der Waals surface area contributed by atoms with Crippen LogP contribution in [0.1, 0.15) is 56.0 Å². The summed E-state index contributed by atoms with van der Waals surface area (Å²) in [5.41, 5.74) is 2.25. The molecule has 3 rings (SSSR count). The first-order valence-electron chi connectivity index (χ1n) is 9.45. The first kappa shape index (κ1) is 19.5. The molecule has 1 aliphatic rings. The molecule has 0 saturated carbocycles. The fourth-order valence-electron chi connectivity index (χ4n) is 3.25. The van der Waals surface area contributed by atoms with E-state index in [2.05, 4.69) is 12.2 Å². The Hall–Kier alpha value is -2.31. The largest absolute Gasteiger partial charge is 0.494 e. The lowest BCUT2D eigenvalue weighted by atomic mass is 9.78. The normalized spacial score (nSPS) is 14.7. The highest BCUT2D eigenvalue weighted by molar-refractivity contribution is 6.62. The minimum Gasteiger partial charge on any atom is -0.494 e. The molecule has 0 radical (unpaired) electrons. The number of rotatable bonds is 7.